The number of ether oxygens (including phenoxy) is 2. The molecule has 0 bridgehead atoms. The predicted molar refractivity (Wildman–Crippen MR) is 236 cm³/mol. The van der Waals surface area contributed by atoms with Gasteiger partial charge < -0.3 is 76.6 Å². The Labute approximate surface area is 597 Å². The molecular weight excluding hydrogens is 1060 g/mol. The van der Waals surface area contributed by atoms with Crippen LogP contribution >= 0.6 is 31.3 Å². The third-order valence-corrected chi connectivity index (χ3v) is 8.43. The maximum absolute atomic E-state index is 14.2. The molecule has 1 aliphatic rings. The summed E-state index contributed by atoms with van der Waals surface area (Å²) in [6.45, 7) is -14.2. The summed E-state index contributed by atoms with van der Waals surface area (Å²) in [7, 11) is -27.3. The zero-order valence-corrected chi connectivity index (χ0v) is 48.0. The molecule has 30 heteroatoms. The van der Waals surface area contributed by atoms with E-state index in [2.05, 4.69) is 32.1 Å². The van der Waals surface area contributed by atoms with Crippen molar-refractivity contribution in [2.24, 2.45) is 0 Å². The molecule has 71 heavy (non-hydrogen) atoms. The second-order valence-corrected chi connectivity index (χ2v) is 15.3. The quantitative estimate of drug-likeness (QED) is 0.0216. The van der Waals surface area contributed by atoms with Crippen molar-refractivity contribution in [1.29, 1.82) is 0 Å². The van der Waals surface area contributed by atoms with E-state index in [0.717, 1.165) is 0 Å². The van der Waals surface area contributed by atoms with Crippen molar-refractivity contribution in [3.8, 4) is 0 Å². The van der Waals surface area contributed by atoms with Crippen molar-refractivity contribution < 1.29 is 308 Å². The summed E-state index contributed by atoms with van der Waals surface area (Å²) in [5.41, 5.74) is 0. The van der Waals surface area contributed by atoms with E-state index in [1.807, 2.05) is 0 Å². The van der Waals surface area contributed by atoms with Gasteiger partial charge in [0.2, 0.25) is 0 Å². The normalized spacial score (nSPS) is 41.5. The third-order valence-electron chi connectivity index (χ3n) is 5.93. The number of hydrogen-bond donors (Lipinski definition) is 5. The number of hydrogen-bond acceptors (Lipinski definition) is 19. The van der Waals surface area contributed by atoms with Crippen LogP contribution in [-0.2, 0) is 59.9 Å². The minimum atomic E-state index is -7.27. The number of phosphoric acid groups is 4. The second kappa shape index (κ2) is 46.0. The summed E-state index contributed by atoms with van der Waals surface area (Å²) in [6, 6.07) is 0. The van der Waals surface area contributed by atoms with Gasteiger partial charge in [-0.2, -0.15) is 0 Å². The molecule has 0 aromatic heterocycles. The van der Waals surface area contributed by atoms with E-state index < -0.39 is 291 Å². The Kier molecular flexibility index (Phi) is 14.8. The molecule has 1 fully saturated rings. The van der Waals surface area contributed by atoms with Gasteiger partial charge in [-0.3, -0.25) is 27.8 Å². The fourth-order valence-electron chi connectivity index (χ4n) is 3.81. The van der Waals surface area contributed by atoms with E-state index >= 15 is 0 Å². The van der Waals surface area contributed by atoms with Crippen molar-refractivity contribution in [1.82, 2.24) is 0 Å². The molecule has 0 aliphatic heterocycles. The fourth-order valence-corrected chi connectivity index (χ4v) is 6.42. The average molecular weight is 1200 g/mol. The van der Waals surface area contributed by atoms with Gasteiger partial charge in [-0.05, 0) is 12.7 Å². The summed E-state index contributed by atoms with van der Waals surface area (Å²) in [5.74, 6) is -6.83. The van der Waals surface area contributed by atoms with Crippen LogP contribution < -0.4 is 138 Å². The molecule has 0 aromatic rings. The van der Waals surface area contributed by atoms with Gasteiger partial charge in [-0.1, -0.05) is 167 Å². The third kappa shape index (κ3) is 43.7. The van der Waals surface area contributed by atoms with Crippen molar-refractivity contribution in [2.75, 3.05) is 13.2 Å². The molecule has 1 saturated carbocycles. The zero-order chi connectivity index (χ0) is 106. The molecule has 7 unspecified atom stereocenters. The minimum Gasteiger partial charge on any atom is -0.756 e. The molecule has 1 rings (SSSR count). The number of rotatable bonds is 42. The summed E-state index contributed by atoms with van der Waals surface area (Å²) in [4.78, 5) is 106. The van der Waals surface area contributed by atoms with Crippen LogP contribution in [0.3, 0.4) is 0 Å². The predicted octanol–water partition coefficient (Wildman–Crippen LogP) is -6.44. The summed E-state index contributed by atoms with van der Waals surface area (Å²) < 4.78 is 589. The number of phosphoric ester groups is 4. The number of carbonyl (C=O) groups excluding carboxylic acids is 2. The van der Waals surface area contributed by atoms with E-state index in [4.69, 9.17) is 85.0 Å². The number of esters is 2. The minimum absolute atomic E-state index is 0. The van der Waals surface area contributed by atoms with Crippen LogP contribution in [0.1, 0.15) is 277 Å². The van der Waals surface area contributed by atoms with Crippen LogP contribution in [0.25, 0.3) is 0 Å². The molecule has 0 amide bonds. The van der Waals surface area contributed by atoms with Crippen molar-refractivity contribution >= 4 is 43.2 Å². The van der Waals surface area contributed by atoms with Gasteiger partial charge in [-0.25, -0.2) is 0 Å². The van der Waals surface area contributed by atoms with E-state index in [-0.39, 0.29) is 118 Å². The Morgan fingerprint density at radius 3 is 1.13 bits per heavy atom. The maximum Gasteiger partial charge on any atom is 1.00 e. The van der Waals surface area contributed by atoms with Gasteiger partial charge in [-0.15, -0.1) is 0 Å². The Morgan fingerprint density at radius 2 is 0.789 bits per heavy atom. The Balaban J connectivity index is -0.0000208. The first-order chi connectivity index (χ1) is 54.8. The summed E-state index contributed by atoms with van der Waals surface area (Å²) in [6.07, 6.45) is -178. The molecule has 0 heterocycles. The maximum atomic E-state index is 14.2. The van der Waals surface area contributed by atoms with Crippen molar-refractivity contribution in [2.45, 2.75) is 235 Å². The Bertz CT molecular complexity index is 4230. The Hall–Kier alpha value is 3.30. The number of aliphatic hydroxyl groups is 2. The fraction of sp³-hybridized carbons (Fsp3) is 0.951. The molecule has 0 saturated heterocycles. The first-order valence-electron chi connectivity index (χ1n) is 47.4. The van der Waals surface area contributed by atoms with Gasteiger partial charge >= 0.3 is 130 Å². The van der Waals surface area contributed by atoms with Crippen molar-refractivity contribution in [3.63, 3.8) is 0 Å². The zero-order valence-electron chi connectivity index (χ0n) is 98.4. The smallest absolute Gasteiger partial charge is 0.756 e. The van der Waals surface area contributed by atoms with Gasteiger partial charge in [0.05, 0.1) is 6.61 Å². The van der Waals surface area contributed by atoms with E-state index in [9.17, 15) is 72.3 Å². The van der Waals surface area contributed by atoms with Gasteiger partial charge in [0.15, 0.2) is 6.10 Å². The van der Waals surface area contributed by atoms with Crippen LogP contribution in [0.2, 0.25) is 0 Å². The molecular formula is C41H78Na4O22P4. The van der Waals surface area contributed by atoms with Crippen LogP contribution in [0.4, 0.5) is 0 Å². The molecule has 5 N–H and O–H groups in total. The molecule has 0 aromatic carbocycles. The summed E-state index contributed by atoms with van der Waals surface area (Å²) in [5, 5.41) is 22.1. The molecule has 0 radical (unpaired) electrons. The topological polar surface area (TPSA) is 360 Å². The number of carbonyl (C=O) groups is 2. The van der Waals surface area contributed by atoms with Crippen LogP contribution in [-0.4, -0.2) is 92.8 Å². The average Bonchev–Trinajstić information content (AvgIpc) is 0.674. The number of aliphatic hydroxyl groups excluding tert-OH is 2. The van der Waals surface area contributed by atoms with E-state index in [1.54, 1.807) is 0 Å². The molecule has 22 nitrogen and oxygen atoms in total. The molecule has 1 aliphatic carbocycles. The first-order valence-corrected chi connectivity index (χ1v) is 22.3. The van der Waals surface area contributed by atoms with E-state index in [0.29, 0.717) is 0 Å². The van der Waals surface area contributed by atoms with E-state index in [1.165, 1.54) is 0 Å². The van der Waals surface area contributed by atoms with Gasteiger partial charge in [0, 0.05) is 97.7 Å². The molecule has 11 atom stereocenters. The first kappa shape index (κ1) is 22.8. The summed E-state index contributed by atoms with van der Waals surface area (Å²) >= 11 is 0. The van der Waals surface area contributed by atoms with Crippen LogP contribution in [0, 0.1) is 0 Å². The SMILES string of the molecule is [2H]C([2H])([2H])C([2H])([2H])C([2H])([2H])C([2H])([2H])C([2H])([2H])C([2H])([2H])C([2H])([2H])C([2H])([2H])C([2H])([2H])C([2H])([2H])C([2H])([2H])C([2H])([2H])C([2H])([2H])C([2H])([2H])C([2H])([2H])C(=O)OCC(COP(=O)([O-])OC1[C@H](O)[C@H](OP(=O)([O-])O)C(OP(=O)([O-])O)[C@H](OP(=O)([O-])O)[C@H]1O)OC(=O)C([2H])([2H])C([2H])([2H])C([2H])([2H])C([2H])([2H])C([2H])([2H])C([2H])([2H])C([2H])([2H])C([2H])([2H])C([2H])([2H])C([2H])([2H])C([2H])([2H])C([2H])([2H])C([2H])([2H])C([2H])([2H])C([2H])([2H])[2H].[Na+].[Na+].[Na+].[Na+]. The standard InChI is InChI=1S/C41H82O22P4.4Na/c1-3-5-7-9-11-13-15-17-19-21-23-25-27-29-34(42)57-31-33(59-35(43)30-28-26-24-22-20-18-16-14-12-10-8-6-4-2)32-58-67(55,56)63-38-36(44)39(60-64(46,47)48)41(62-66(52,53)54)40(37(38)45)61-65(49,50)51;;;;/h33,36-41,44-45H,3-32H2,1-2H3,(H,55,56)(H2,46,47,48)(H2,49,50,51)(H2,52,53,54);;;;/q;4*+1/p-4/t33?,36-,37-,38?,39-,40+,41?;;;;/m0..../s1/i1D3,2D3,3D2,4D2,5D2,6D2,7D2,8D2,9D2,10D2,11D2,12D2,13D2,14D2,15D2,16D2,17D2,18D2,19D2,20D2,21D2,22D2,23D2,24D2,25D2,26D2,27D2,28D2,29D2,30D2;;;;. The molecule has 0 spiro atoms. The Morgan fingerprint density at radius 1 is 0.479 bits per heavy atom. The van der Waals surface area contributed by atoms with Crippen LogP contribution in [0.15, 0.2) is 0 Å². The van der Waals surface area contributed by atoms with Gasteiger partial charge in [0.25, 0.3) is 31.3 Å². The van der Waals surface area contributed by atoms with Crippen molar-refractivity contribution in [3.05, 3.63) is 0 Å². The molecule has 398 valence electrons. The van der Waals surface area contributed by atoms with Crippen LogP contribution in [0.5, 0.6) is 0 Å². The second-order valence-electron chi connectivity index (χ2n) is 10.5. The largest absolute Gasteiger partial charge is 1.00 e. The van der Waals surface area contributed by atoms with Gasteiger partial charge in [0.1, 0.15) is 43.2 Å². The monoisotopic (exact) mass is 1200 g/mol.